The molecular weight excluding hydrogens is 356 g/mol. The van der Waals surface area contributed by atoms with E-state index in [-0.39, 0.29) is 17.8 Å². The van der Waals surface area contributed by atoms with Gasteiger partial charge in [0.2, 0.25) is 0 Å². The highest BCUT2D eigenvalue weighted by Crippen LogP contribution is 2.42. The largest absolute Gasteiger partial charge is 0.466 e. The molecule has 0 bridgehead atoms. The summed E-state index contributed by atoms with van der Waals surface area (Å²) >= 11 is 0. The molecule has 0 aliphatic carbocycles. The van der Waals surface area contributed by atoms with Crippen molar-refractivity contribution in [1.82, 2.24) is 9.55 Å². The zero-order chi connectivity index (χ0) is 19.7. The Hall–Kier alpha value is -2.99. The third-order valence-electron chi connectivity index (χ3n) is 5.15. The highest BCUT2D eigenvalue weighted by molar-refractivity contribution is 5.80. The molecule has 144 valence electrons. The summed E-state index contributed by atoms with van der Waals surface area (Å²) in [6, 6.07) is 14.0. The summed E-state index contributed by atoms with van der Waals surface area (Å²) in [5.41, 5.74) is -0.453. The first kappa shape index (κ1) is 18.4. The average molecular weight is 378 g/mol. The van der Waals surface area contributed by atoms with Gasteiger partial charge in [-0.2, -0.15) is 0 Å². The molecule has 0 spiro atoms. The van der Waals surface area contributed by atoms with E-state index in [1.807, 2.05) is 0 Å². The average Bonchev–Trinajstić information content (AvgIpc) is 2.95. The fourth-order valence-corrected chi connectivity index (χ4v) is 3.74. The molecule has 0 saturated heterocycles. The van der Waals surface area contributed by atoms with E-state index in [1.165, 1.54) is 4.57 Å². The molecule has 1 aliphatic rings. The van der Waals surface area contributed by atoms with E-state index in [0.717, 1.165) is 19.3 Å². The van der Waals surface area contributed by atoms with Crippen LogP contribution in [-0.2, 0) is 15.1 Å². The van der Waals surface area contributed by atoms with Crippen LogP contribution in [0.5, 0.6) is 0 Å². The number of benzene rings is 2. The van der Waals surface area contributed by atoms with Crippen molar-refractivity contribution in [2.24, 2.45) is 0 Å². The van der Waals surface area contributed by atoms with Crippen molar-refractivity contribution in [1.29, 1.82) is 0 Å². The van der Waals surface area contributed by atoms with Gasteiger partial charge in [0.1, 0.15) is 0 Å². The van der Waals surface area contributed by atoms with Gasteiger partial charge < -0.3 is 9.84 Å². The van der Waals surface area contributed by atoms with Gasteiger partial charge in [0.25, 0.3) is 5.56 Å². The maximum atomic E-state index is 13.1. The van der Waals surface area contributed by atoms with Crippen LogP contribution >= 0.6 is 0 Å². The van der Waals surface area contributed by atoms with Gasteiger partial charge in [-0.15, -0.1) is 0 Å². The maximum absolute atomic E-state index is 13.1. The van der Waals surface area contributed by atoms with E-state index in [2.05, 4.69) is 11.9 Å². The number of aliphatic hydroxyl groups is 1. The number of aromatic nitrogens is 2. The Labute approximate surface area is 162 Å². The van der Waals surface area contributed by atoms with Crippen molar-refractivity contribution in [3.8, 4) is 5.69 Å². The molecule has 0 radical (unpaired) electrons. The Morgan fingerprint density at radius 1 is 1.14 bits per heavy atom. The van der Waals surface area contributed by atoms with E-state index in [9.17, 15) is 14.7 Å². The highest BCUT2D eigenvalue weighted by atomic mass is 16.5. The Morgan fingerprint density at radius 2 is 1.89 bits per heavy atom. The predicted octanol–water partition coefficient (Wildman–Crippen LogP) is 3.06. The van der Waals surface area contributed by atoms with Gasteiger partial charge >= 0.3 is 5.97 Å². The van der Waals surface area contributed by atoms with Crippen LogP contribution in [0.2, 0.25) is 0 Å². The lowest BCUT2D eigenvalue weighted by Gasteiger charge is -2.22. The second-order valence-corrected chi connectivity index (χ2v) is 7.07. The Kier molecular flexibility index (Phi) is 4.73. The quantitative estimate of drug-likeness (QED) is 0.527. The summed E-state index contributed by atoms with van der Waals surface area (Å²) in [4.78, 5) is 30.1. The molecule has 6 nitrogen and oxygen atoms in total. The fraction of sp³-hybridized carbons (Fsp3) is 0.318. The van der Waals surface area contributed by atoms with E-state index < -0.39 is 11.6 Å². The Balaban J connectivity index is 1.79. The number of carbonyl (C=O) groups excluding carboxylic acids is 1. The summed E-state index contributed by atoms with van der Waals surface area (Å²) in [6.07, 6.45) is 2.51. The van der Waals surface area contributed by atoms with Crippen LogP contribution < -0.4 is 5.56 Å². The normalized spacial score (nSPS) is 17.4. The first-order valence-corrected chi connectivity index (χ1v) is 9.56. The lowest BCUT2D eigenvalue weighted by atomic mass is 9.91. The Bertz CT molecular complexity index is 1110. The van der Waals surface area contributed by atoms with Crippen molar-refractivity contribution in [2.75, 3.05) is 6.61 Å². The third-order valence-corrected chi connectivity index (χ3v) is 5.15. The molecule has 2 heterocycles. The van der Waals surface area contributed by atoms with Crippen LogP contribution in [0.1, 0.15) is 44.0 Å². The molecule has 0 saturated carbocycles. The summed E-state index contributed by atoms with van der Waals surface area (Å²) < 4.78 is 6.71. The monoisotopic (exact) mass is 378 g/mol. The van der Waals surface area contributed by atoms with E-state index >= 15 is 0 Å². The van der Waals surface area contributed by atoms with Crippen LogP contribution in [0.4, 0.5) is 0 Å². The van der Waals surface area contributed by atoms with E-state index in [0.29, 0.717) is 28.8 Å². The number of hydrogen-bond donors (Lipinski definition) is 1. The van der Waals surface area contributed by atoms with Crippen molar-refractivity contribution >= 4 is 16.9 Å². The van der Waals surface area contributed by atoms with Gasteiger partial charge in [0.15, 0.2) is 11.4 Å². The molecule has 28 heavy (non-hydrogen) atoms. The zero-order valence-electron chi connectivity index (χ0n) is 15.7. The summed E-state index contributed by atoms with van der Waals surface area (Å²) in [7, 11) is 0. The molecule has 6 heteroatoms. The molecule has 1 atom stereocenters. The van der Waals surface area contributed by atoms with Gasteiger partial charge in [-0.05, 0) is 24.6 Å². The number of fused-ring (bicyclic) bond motifs is 4. The highest BCUT2D eigenvalue weighted by Gasteiger charge is 2.46. The molecule has 3 aromatic rings. The van der Waals surface area contributed by atoms with Crippen LogP contribution in [0.15, 0.2) is 53.3 Å². The predicted molar refractivity (Wildman–Crippen MR) is 105 cm³/mol. The van der Waals surface area contributed by atoms with E-state index in [4.69, 9.17) is 4.74 Å². The summed E-state index contributed by atoms with van der Waals surface area (Å²) in [5, 5.41) is 12.0. The minimum Gasteiger partial charge on any atom is -0.466 e. The first-order valence-electron chi connectivity index (χ1n) is 9.56. The van der Waals surface area contributed by atoms with Gasteiger partial charge in [-0.1, -0.05) is 50.1 Å². The standard InChI is InChI=1S/C22H22N2O4/c1-2-3-8-13-28-19(25)14-22(27)16-10-5-7-12-18(16)24-20(26)15-9-4-6-11-17(15)23-21(22)24/h4-7,9-12,27H,2-3,8,13-14H2,1H3. The number of unbranched alkanes of at least 4 members (excludes halogenated alkanes) is 2. The molecular formula is C22H22N2O4. The summed E-state index contributed by atoms with van der Waals surface area (Å²) in [5.74, 6) is -0.354. The number of carbonyl (C=O) groups is 1. The van der Waals surface area contributed by atoms with Gasteiger partial charge in [-0.3, -0.25) is 14.2 Å². The molecule has 2 aromatic carbocycles. The van der Waals surface area contributed by atoms with Crippen LogP contribution in [0, 0.1) is 0 Å². The third kappa shape index (κ3) is 2.90. The van der Waals surface area contributed by atoms with Crippen molar-refractivity contribution in [3.05, 3.63) is 70.3 Å². The van der Waals surface area contributed by atoms with Crippen molar-refractivity contribution < 1.29 is 14.6 Å². The number of nitrogens with zero attached hydrogens (tertiary/aromatic N) is 2. The molecule has 4 rings (SSSR count). The number of esters is 1. The first-order chi connectivity index (χ1) is 13.6. The smallest absolute Gasteiger partial charge is 0.309 e. The number of rotatable bonds is 6. The topological polar surface area (TPSA) is 81.4 Å². The lowest BCUT2D eigenvalue weighted by Crippen LogP contribution is -2.33. The van der Waals surface area contributed by atoms with Crippen LogP contribution in [-0.4, -0.2) is 27.2 Å². The molecule has 0 fully saturated rings. The summed E-state index contributed by atoms with van der Waals surface area (Å²) in [6.45, 7) is 2.40. The second-order valence-electron chi connectivity index (χ2n) is 7.07. The van der Waals surface area contributed by atoms with Gasteiger partial charge in [-0.25, -0.2) is 4.98 Å². The SMILES string of the molecule is CCCCCOC(=O)CC1(O)c2ccccc2-n2c1nc1ccccc1c2=O. The second kappa shape index (κ2) is 7.20. The molecule has 1 aromatic heterocycles. The minimum atomic E-state index is -1.71. The molecule has 0 amide bonds. The van der Waals surface area contributed by atoms with Crippen molar-refractivity contribution in [2.45, 2.75) is 38.2 Å². The number of ether oxygens (including phenoxy) is 1. The molecule has 1 unspecified atom stereocenters. The van der Waals surface area contributed by atoms with Crippen LogP contribution in [0.25, 0.3) is 16.6 Å². The minimum absolute atomic E-state index is 0.155. The van der Waals surface area contributed by atoms with Crippen molar-refractivity contribution in [3.63, 3.8) is 0 Å². The maximum Gasteiger partial charge on any atom is 0.309 e. The Morgan fingerprint density at radius 3 is 2.71 bits per heavy atom. The number of para-hydroxylation sites is 2. The molecule has 1 N–H and O–H groups in total. The zero-order valence-corrected chi connectivity index (χ0v) is 15.7. The molecule has 1 aliphatic heterocycles. The van der Waals surface area contributed by atoms with Gasteiger partial charge in [0, 0.05) is 5.56 Å². The lowest BCUT2D eigenvalue weighted by molar-refractivity contribution is -0.148. The fourth-order valence-electron chi connectivity index (χ4n) is 3.74. The van der Waals surface area contributed by atoms with E-state index in [1.54, 1.807) is 48.5 Å². The van der Waals surface area contributed by atoms with Crippen LogP contribution in [0.3, 0.4) is 0 Å². The number of hydrogen-bond acceptors (Lipinski definition) is 5. The van der Waals surface area contributed by atoms with Gasteiger partial charge in [0.05, 0.1) is 29.6 Å².